The lowest BCUT2D eigenvalue weighted by molar-refractivity contribution is 0.0341. The van der Waals surface area contributed by atoms with Gasteiger partial charge >= 0.3 is 0 Å². The molecular weight excluding hydrogens is 464 g/mol. The number of benzene rings is 2. The van der Waals surface area contributed by atoms with E-state index in [9.17, 15) is 10.2 Å². The van der Waals surface area contributed by atoms with Crippen LogP contribution < -0.4 is 0 Å². The molecule has 2 aliphatic rings. The topological polar surface area (TPSA) is 65.4 Å². The highest BCUT2D eigenvalue weighted by Gasteiger charge is 2.26. The van der Waals surface area contributed by atoms with Gasteiger partial charge < -0.3 is 19.7 Å². The Labute approximate surface area is 223 Å². The second-order valence-electron chi connectivity index (χ2n) is 12.8. The van der Waals surface area contributed by atoms with Gasteiger partial charge in [0.05, 0.1) is 26.4 Å². The van der Waals surface area contributed by atoms with Crippen molar-refractivity contribution in [3.8, 4) is 11.5 Å². The third-order valence-corrected chi connectivity index (χ3v) is 7.51. The van der Waals surface area contributed by atoms with Gasteiger partial charge in [-0.15, -0.1) is 0 Å². The molecule has 0 aromatic heterocycles. The molecule has 2 N–H and O–H groups in total. The molecule has 0 saturated carbocycles. The first kappa shape index (κ1) is 27.9. The fraction of sp³-hybridized carbons (Fsp3) is 0.613. The molecule has 0 aliphatic carbocycles. The standard InChI is InChI=1S/C31H46N2O4/c1-30(2,3)26-17-22(20-32-7-11-36-12-8-32)15-24(28(26)34)19-25-16-23(21-33-9-13-37-14-10-33)18-27(29(25)35)31(4,5)6/h15-18,34-35H,7-14,19-21H2,1-6H3. The van der Waals surface area contributed by atoms with Gasteiger partial charge in [0.1, 0.15) is 11.5 Å². The Morgan fingerprint density at radius 2 is 0.973 bits per heavy atom. The molecule has 2 aliphatic heterocycles. The zero-order chi connectivity index (χ0) is 26.8. The Morgan fingerprint density at radius 1 is 0.622 bits per heavy atom. The molecular formula is C31H46N2O4. The highest BCUT2D eigenvalue weighted by Crippen LogP contribution is 2.40. The monoisotopic (exact) mass is 510 g/mol. The molecule has 2 fully saturated rings. The van der Waals surface area contributed by atoms with E-state index in [1.54, 1.807) is 0 Å². The highest BCUT2D eigenvalue weighted by atomic mass is 16.5. The Hall–Kier alpha value is -2.12. The smallest absolute Gasteiger partial charge is 0.122 e. The Bertz CT molecular complexity index is 987. The van der Waals surface area contributed by atoms with Crippen LogP contribution in [0, 0.1) is 0 Å². The summed E-state index contributed by atoms with van der Waals surface area (Å²) in [5, 5.41) is 22.9. The van der Waals surface area contributed by atoms with Crippen LogP contribution >= 0.6 is 0 Å². The van der Waals surface area contributed by atoms with Gasteiger partial charge in [0.15, 0.2) is 0 Å². The molecule has 4 rings (SSSR count). The second kappa shape index (κ2) is 11.3. The molecule has 0 radical (unpaired) electrons. The van der Waals surface area contributed by atoms with Crippen LogP contribution in [-0.2, 0) is 39.8 Å². The molecule has 2 aromatic carbocycles. The number of phenolic OH excluding ortho intramolecular Hbond substituents is 2. The van der Waals surface area contributed by atoms with Crippen LogP contribution in [0.15, 0.2) is 24.3 Å². The summed E-state index contributed by atoms with van der Waals surface area (Å²) < 4.78 is 11.1. The van der Waals surface area contributed by atoms with Crippen LogP contribution in [0.2, 0.25) is 0 Å². The minimum Gasteiger partial charge on any atom is -0.507 e. The summed E-state index contributed by atoms with van der Waals surface area (Å²) >= 11 is 0. The maximum absolute atomic E-state index is 11.4. The van der Waals surface area contributed by atoms with Crippen molar-refractivity contribution in [2.24, 2.45) is 0 Å². The minimum atomic E-state index is -0.198. The summed E-state index contributed by atoms with van der Waals surface area (Å²) in [5.41, 5.74) is 5.64. The number of ether oxygens (including phenoxy) is 2. The Kier molecular flexibility index (Phi) is 8.54. The van der Waals surface area contributed by atoms with E-state index in [1.807, 2.05) is 0 Å². The zero-order valence-electron chi connectivity index (χ0n) is 23.7. The molecule has 37 heavy (non-hydrogen) atoms. The van der Waals surface area contributed by atoms with E-state index in [-0.39, 0.29) is 10.8 Å². The summed E-state index contributed by atoms with van der Waals surface area (Å²) in [6.07, 6.45) is 0.484. The van der Waals surface area contributed by atoms with E-state index >= 15 is 0 Å². The van der Waals surface area contributed by atoms with Crippen molar-refractivity contribution in [2.45, 2.75) is 71.9 Å². The molecule has 0 spiro atoms. The minimum absolute atomic E-state index is 0.198. The van der Waals surface area contributed by atoms with Crippen molar-refractivity contribution < 1.29 is 19.7 Å². The molecule has 0 atom stereocenters. The summed E-state index contributed by atoms with van der Waals surface area (Å²) in [5.74, 6) is 0.682. The van der Waals surface area contributed by atoms with Crippen LogP contribution in [0.3, 0.4) is 0 Å². The van der Waals surface area contributed by atoms with E-state index in [0.29, 0.717) is 17.9 Å². The predicted octanol–water partition coefficient (Wildman–Crippen LogP) is 4.95. The van der Waals surface area contributed by atoms with Gasteiger partial charge in [0.25, 0.3) is 0 Å². The van der Waals surface area contributed by atoms with E-state index in [2.05, 4.69) is 75.6 Å². The SMILES string of the molecule is CC(C)(C)c1cc(CN2CCOCC2)cc(Cc2cc(CN3CCOCC3)cc(C(C)(C)C)c2O)c1O. The van der Waals surface area contributed by atoms with Crippen LogP contribution in [0.5, 0.6) is 11.5 Å². The van der Waals surface area contributed by atoms with Crippen LogP contribution in [0.25, 0.3) is 0 Å². The number of aromatic hydroxyl groups is 2. The van der Waals surface area contributed by atoms with Gasteiger partial charge in [0.2, 0.25) is 0 Å². The molecule has 0 amide bonds. The first-order chi connectivity index (χ1) is 17.4. The molecule has 204 valence electrons. The number of hydrogen-bond donors (Lipinski definition) is 2. The summed E-state index contributed by atoms with van der Waals surface area (Å²) in [6.45, 7) is 21.2. The molecule has 0 unspecified atom stereocenters. The summed E-state index contributed by atoms with van der Waals surface area (Å²) in [4.78, 5) is 4.81. The van der Waals surface area contributed by atoms with Crippen LogP contribution in [0.4, 0.5) is 0 Å². The van der Waals surface area contributed by atoms with Crippen molar-refractivity contribution in [1.82, 2.24) is 9.80 Å². The van der Waals surface area contributed by atoms with E-state index < -0.39 is 0 Å². The van der Waals surface area contributed by atoms with Gasteiger partial charge in [-0.2, -0.15) is 0 Å². The molecule has 6 nitrogen and oxygen atoms in total. The quantitative estimate of drug-likeness (QED) is 0.574. The largest absolute Gasteiger partial charge is 0.507 e. The Balaban J connectivity index is 1.72. The van der Waals surface area contributed by atoms with Gasteiger partial charge in [-0.25, -0.2) is 0 Å². The van der Waals surface area contributed by atoms with Gasteiger partial charge in [-0.3, -0.25) is 9.80 Å². The van der Waals surface area contributed by atoms with Crippen LogP contribution in [0.1, 0.15) is 74.9 Å². The number of nitrogens with zero attached hydrogens (tertiary/aromatic N) is 2. The number of rotatable bonds is 6. The summed E-state index contributed by atoms with van der Waals surface area (Å²) in [7, 11) is 0. The predicted molar refractivity (Wildman–Crippen MR) is 149 cm³/mol. The van der Waals surface area contributed by atoms with Gasteiger partial charge in [0, 0.05) is 45.7 Å². The van der Waals surface area contributed by atoms with Crippen molar-refractivity contribution in [3.05, 3.63) is 57.6 Å². The van der Waals surface area contributed by atoms with E-state index in [0.717, 1.165) is 87.9 Å². The summed E-state index contributed by atoms with van der Waals surface area (Å²) in [6, 6.07) is 8.57. The van der Waals surface area contributed by atoms with Gasteiger partial charge in [-0.1, -0.05) is 65.8 Å². The first-order valence-corrected chi connectivity index (χ1v) is 13.7. The zero-order valence-corrected chi connectivity index (χ0v) is 23.7. The highest BCUT2D eigenvalue weighted by molar-refractivity contribution is 5.53. The second-order valence-corrected chi connectivity index (χ2v) is 12.8. The van der Waals surface area contributed by atoms with Gasteiger partial charge in [-0.05, 0) is 44.2 Å². The maximum Gasteiger partial charge on any atom is 0.122 e. The van der Waals surface area contributed by atoms with Crippen molar-refractivity contribution >= 4 is 0 Å². The van der Waals surface area contributed by atoms with Crippen molar-refractivity contribution in [3.63, 3.8) is 0 Å². The van der Waals surface area contributed by atoms with E-state index in [4.69, 9.17) is 9.47 Å². The molecule has 6 heteroatoms. The average molecular weight is 511 g/mol. The molecule has 2 aromatic rings. The lowest BCUT2D eigenvalue weighted by atomic mass is 9.81. The number of hydrogen-bond acceptors (Lipinski definition) is 6. The fourth-order valence-corrected chi connectivity index (χ4v) is 5.36. The lowest BCUT2D eigenvalue weighted by Crippen LogP contribution is -2.35. The average Bonchev–Trinajstić information content (AvgIpc) is 2.83. The molecule has 2 heterocycles. The third kappa shape index (κ3) is 7.05. The normalized spacial score (nSPS) is 18.3. The third-order valence-electron chi connectivity index (χ3n) is 7.51. The lowest BCUT2D eigenvalue weighted by Gasteiger charge is -2.29. The van der Waals surface area contributed by atoms with E-state index in [1.165, 1.54) is 11.1 Å². The number of phenols is 2. The van der Waals surface area contributed by atoms with Crippen LogP contribution in [-0.4, -0.2) is 72.6 Å². The molecule has 0 bridgehead atoms. The Morgan fingerprint density at radius 3 is 1.30 bits per heavy atom. The number of morpholine rings is 2. The van der Waals surface area contributed by atoms with Crippen molar-refractivity contribution in [2.75, 3.05) is 52.6 Å². The van der Waals surface area contributed by atoms with Crippen molar-refractivity contribution in [1.29, 1.82) is 0 Å². The maximum atomic E-state index is 11.4. The molecule has 2 saturated heterocycles. The fourth-order valence-electron chi connectivity index (χ4n) is 5.36. The first-order valence-electron chi connectivity index (χ1n) is 13.7.